The van der Waals surface area contributed by atoms with E-state index in [1.54, 1.807) is 47.7 Å². The number of aryl methyl sites for hydroxylation is 1. The molecule has 0 atom stereocenters. The van der Waals surface area contributed by atoms with E-state index in [9.17, 15) is 9.59 Å². The largest absolute Gasteiger partial charge is 0.359 e. The van der Waals surface area contributed by atoms with Gasteiger partial charge in [-0.2, -0.15) is 0 Å². The molecule has 4 heterocycles. The number of nitrogens with zero attached hydrogens (tertiary/aromatic N) is 5. The highest BCUT2D eigenvalue weighted by Crippen LogP contribution is 2.30. The predicted molar refractivity (Wildman–Crippen MR) is 113 cm³/mol. The molecule has 1 aliphatic rings. The molecular formula is C22H22N6O2. The minimum absolute atomic E-state index is 0.0969. The molecule has 2 amide bonds. The first-order valence-electron chi connectivity index (χ1n) is 9.62. The normalized spacial score (nSPS) is 12.9. The van der Waals surface area contributed by atoms with Crippen molar-refractivity contribution in [2.45, 2.75) is 20.0 Å². The number of rotatable bonds is 5. The summed E-state index contributed by atoms with van der Waals surface area (Å²) in [6.45, 7) is 2.90. The standard InChI is InChI=1S/C22H22N6O2/c1-15-10-23-8-6-16(15)13-27(2)22(30)17-9-19-21(25-11-17)26-12-20(29)28(19)14-18-5-3-4-7-24-18/h3-11H,12-14H2,1-2H3,(H,25,26). The van der Waals surface area contributed by atoms with Crippen molar-refractivity contribution in [1.82, 2.24) is 19.9 Å². The van der Waals surface area contributed by atoms with E-state index in [-0.39, 0.29) is 18.4 Å². The van der Waals surface area contributed by atoms with Crippen LogP contribution < -0.4 is 10.2 Å². The maximum atomic E-state index is 13.0. The molecule has 0 saturated heterocycles. The lowest BCUT2D eigenvalue weighted by molar-refractivity contribution is -0.117. The zero-order chi connectivity index (χ0) is 21.1. The van der Waals surface area contributed by atoms with Gasteiger partial charge in [0.1, 0.15) is 0 Å². The molecule has 0 aromatic carbocycles. The molecule has 0 unspecified atom stereocenters. The number of pyridine rings is 3. The Morgan fingerprint density at radius 2 is 2.07 bits per heavy atom. The molecule has 0 aliphatic carbocycles. The van der Waals surface area contributed by atoms with E-state index in [2.05, 4.69) is 20.3 Å². The van der Waals surface area contributed by atoms with Crippen LogP contribution in [0.3, 0.4) is 0 Å². The summed E-state index contributed by atoms with van der Waals surface area (Å²) in [6, 6.07) is 9.19. The van der Waals surface area contributed by atoms with Crippen LogP contribution in [0.15, 0.2) is 55.1 Å². The van der Waals surface area contributed by atoms with E-state index in [1.807, 2.05) is 31.2 Å². The quantitative estimate of drug-likeness (QED) is 0.705. The van der Waals surface area contributed by atoms with Crippen molar-refractivity contribution in [1.29, 1.82) is 0 Å². The Balaban J connectivity index is 1.59. The SMILES string of the molecule is Cc1cnccc1CN(C)C(=O)c1cnc2c(c1)N(Cc1ccccn1)C(=O)CN2. The second-order valence-corrected chi connectivity index (χ2v) is 7.21. The van der Waals surface area contributed by atoms with E-state index >= 15 is 0 Å². The van der Waals surface area contributed by atoms with E-state index in [4.69, 9.17) is 0 Å². The van der Waals surface area contributed by atoms with Gasteiger partial charge in [0.2, 0.25) is 5.91 Å². The zero-order valence-electron chi connectivity index (χ0n) is 16.9. The van der Waals surface area contributed by atoms with Gasteiger partial charge < -0.3 is 15.1 Å². The maximum Gasteiger partial charge on any atom is 0.255 e. The molecule has 30 heavy (non-hydrogen) atoms. The van der Waals surface area contributed by atoms with Gasteiger partial charge in [0.15, 0.2) is 5.82 Å². The number of carbonyl (C=O) groups excluding carboxylic acids is 2. The summed E-state index contributed by atoms with van der Waals surface area (Å²) in [6.07, 6.45) is 6.73. The number of amides is 2. The Labute approximate surface area is 174 Å². The van der Waals surface area contributed by atoms with Gasteiger partial charge in [-0.15, -0.1) is 0 Å². The monoisotopic (exact) mass is 402 g/mol. The molecule has 4 rings (SSSR count). The third-order valence-corrected chi connectivity index (χ3v) is 5.05. The fourth-order valence-electron chi connectivity index (χ4n) is 3.36. The van der Waals surface area contributed by atoms with Crippen LogP contribution in [0.2, 0.25) is 0 Å². The molecule has 152 valence electrons. The fourth-order valence-corrected chi connectivity index (χ4v) is 3.36. The van der Waals surface area contributed by atoms with Gasteiger partial charge in [0.25, 0.3) is 5.91 Å². The Hall–Kier alpha value is -3.81. The van der Waals surface area contributed by atoms with Gasteiger partial charge in [-0.1, -0.05) is 6.07 Å². The van der Waals surface area contributed by atoms with Crippen LogP contribution in [0.4, 0.5) is 11.5 Å². The van der Waals surface area contributed by atoms with Crippen molar-refractivity contribution in [2.24, 2.45) is 0 Å². The number of nitrogens with one attached hydrogen (secondary N) is 1. The number of carbonyl (C=O) groups is 2. The second kappa shape index (κ2) is 8.28. The molecule has 1 N–H and O–H groups in total. The van der Waals surface area contributed by atoms with Crippen molar-refractivity contribution in [3.63, 3.8) is 0 Å². The number of hydrogen-bond acceptors (Lipinski definition) is 6. The van der Waals surface area contributed by atoms with Gasteiger partial charge in [-0.3, -0.25) is 19.6 Å². The van der Waals surface area contributed by atoms with E-state index < -0.39 is 0 Å². The number of aromatic nitrogens is 3. The Morgan fingerprint density at radius 1 is 1.20 bits per heavy atom. The summed E-state index contributed by atoms with van der Waals surface area (Å²) in [4.78, 5) is 41.6. The smallest absolute Gasteiger partial charge is 0.255 e. The predicted octanol–water partition coefficient (Wildman–Crippen LogP) is 2.41. The highest BCUT2D eigenvalue weighted by atomic mass is 16.2. The molecule has 0 spiro atoms. The third kappa shape index (κ3) is 3.98. The van der Waals surface area contributed by atoms with Crippen LogP contribution in [-0.2, 0) is 17.9 Å². The lowest BCUT2D eigenvalue weighted by atomic mass is 10.1. The summed E-state index contributed by atoms with van der Waals surface area (Å²) < 4.78 is 0. The number of anilines is 2. The average Bonchev–Trinajstić information content (AvgIpc) is 2.77. The van der Waals surface area contributed by atoms with Gasteiger partial charge in [-0.05, 0) is 42.3 Å². The first-order chi connectivity index (χ1) is 14.5. The van der Waals surface area contributed by atoms with Crippen LogP contribution in [0.25, 0.3) is 0 Å². The molecule has 8 nitrogen and oxygen atoms in total. The van der Waals surface area contributed by atoms with Crippen molar-refractivity contribution in [3.05, 3.63) is 77.5 Å². The van der Waals surface area contributed by atoms with E-state index in [0.29, 0.717) is 30.2 Å². The van der Waals surface area contributed by atoms with Crippen molar-refractivity contribution in [3.8, 4) is 0 Å². The molecule has 8 heteroatoms. The number of hydrogen-bond donors (Lipinski definition) is 1. The van der Waals surface area contributed by atoms with E-state index in [1.165, 1.54) is 0 Å². The summed E-state index contributed by atoms with van der Waals surface area (Å²) >= 11 is 0. The lowest BCUT2D eigenvalue weighted by Crippen LogP contribution is -2.40. The van der Waals surface area contributed by atoms with Crippen LogP contribution in [0, 0.1) is 6.92 Å². The third-order valence-electron chi connectivity index (χ3n) is 5.05. The van der Waals surface area contributed by atoms with Gasteiger partial charge in [-0.25, -0.2) is 4.98 Å². The molecule has 1 aliphatic heterocycles. The highest BCUT2D eigenvalue weighted by Gasteiger charge is 2.27. The summed E-state index contributed by atoms with van der Waals surface area (Å²) in [7, 11) is 1.75. The summed E-state index contributed by atoms with van der Waals surface area (Å²) in [5, 5.41) is 3.02. The van der Waals surface area contributed by atoms with Gasteiger partial charge in [0, 0.05) is 38.4 Å². The minimum Gasteiger partial charge on any atom is -0.359 e. The van der Waals surface area contributed by atoms with Crippen LogP contribution in [0.1, 0.15) is 27.2 Å². The molecule has 0 radical (unpaired) electrons. The summed E-state index contributed by atoms with van der Waals surface area (Å²) in [5.74, 6) is 0.312. The minimum atomic E-state index is -0.169. The van der Waals surface area contributed by atoms with Gasteiger partial charge in [0.05, 0.1) is 30.0 Å². The molecule has 0 saturated carbocycles. The molecule has 0 fully saturated rings. The molecule has 3 aromatic rings. The van der Waals surface area contributed by atoms with Crippen LogP contribution in [-0.4, -0.2) is 45.3 Å². The Kier molecular flexibility index (Phi) is 5.38. The summed E-state index contributed by atoms with van der Waals surface area (Å²) in [5.41, 5.74) is 3.82. The highest BCUT2D eigenvalue weighted by molar-refractivity contribution is 6.04. The van der Waals surface area contributed by atoms with Crippen LogP contribution >= 0.6 is 0 Å². The first-order valence-corrected chi connectivity index (χ1v) is 9.62. The van der Waals surface area contributed by atoms with Crippen molar-refractivity contribution >= 4 is 23.3 Å². The molecule has 3 aromatic heterocycles. The fraction of sp³-hybridized carbons (Fsp3) is 0.227. The van der Waals surface area contributed by atoms with E-state index in [0.717, 1.165) is 16.8 Å². The van der Waals surface area contributed by atoms with Gasteiger partial charge >= 0.3 is 0 Å². The first kappa shape index (κ1) is 19.5. The average molecular weight is 402 g/mol. The van der Waals surface area contributed by atoms with Crippen LogP contribution in [0.5, 0.6) is 0 Å². The number of fused-ring (bicyclic) bond motifs is 1. The Bertz CT molecular complexity index is 1090. The molecule has 0 bridgehead atoms. The zero-order valence-corrected chi connectivity index (χ0v) is 16.9. The van der Waals surface area contributed by atoms with Crippen molar-refractivity contribution in [2.75, 3.05) is 23.8 Å². The lowest BCUT2D eigenvalue weighted by Gasteiger charge is -2.29. The Morgan fingerprint density at radius 3 is 2.83 bits per heavy atom. The molecular weight excluding hydrogens is 380 g/mol. The second-order valence-electron chi connectivity index (χ2n) is 7.21. The topological polar surface area (TPSA) is 91.3 Å². The van der Waals surface area contributed by atoms with Crippen molar-refractivity contribution < 1.29 is 9.59 Å². The maximum absolute atomic E-state index is 13.0.